The van der Waals surface area contributed by atoms with Crippen molar-refractivity contribution in [1.82, 2.24) is 14.7 Å². The van der Waals surface area contributed by atoms with Crippen LogP contribution in [0, 0.1) is 17.2 Å². The van der Waals surface area contributed by atoms with Crippen molar-refractivity contribution in [3.63, 3.8) is 0 Å². The average molecular weight is 368 g/mol. The van der Waals surface area contributed by atoms with Crippen LogP contribution in [-0.2, 0) is 4.79 Å². The number of carbonyl (C=O) groups excluding carboxylic acids is 2. The lowest BCUT2D eigenvalue weighted by Gasteiger charge is -2.52. The Labute approximate surface area is 161 Å². The Morgan fingerprint density at radius 1 is 1.22 bits per heavy atom. The fourth-order valence-corrected chi connectivity index (χ4v) is 4.30. The number of rotatable bonds is 3. The van der Waals surface area contributed by atoms with Crippen molar-refractivity contribution in [2.45, 2.75) is 32.2 Å². The van der Waals surface area contributed by atoms with E-state index in [1.807, 2.05) is 16.8 Å². The zero-order valence-electron chi connectivity index (χ0n) is 16.4. The molecule has 144 valence electrons. The molecule has 2 amide bonds. The number of piperazine rings is 1. The molecule has 0 N–H and O–H groups in total. The molecule has 1 spiro atoms. The van der Waals surface area contributed by atoms with E-state index in [2.05, 4.69) is 24.8 Å². The van der Waals surface area contributed by atoms with E-state index < -0.39 is 5.54 Å². The number of nitriles is 1. The van der Waals surface area contributed by atoms with Crippen LogP contribution in [0.25, 0.3) is 0 Å². The van der Waals surface area contributed by atoms with Gasteiger partial charge in [-0.1, -0.05) is 19.9 Å². The highest BCUT2D eigenvalue weighted by Crippen LogP contribution is 2.34. The third kappa shape index (κ3) is 3.70. The van der Waals surface area contributed by atoms with Crippen LogP contribution in [0.3, 0.4) is 0 Å². The predicted molar refractivity (Wildman–Crippen MR) is 103 cm³/mol. The first kappa shape index (κ1) is 19.4. The van der Waals surface area contributed by atoms with Gasteiger partial charge in [0.05, 0.1) is 11.6 Å². The summed E-state index contributed by atoms with van der Waals surface area (Å²) in [7, 11) is 1.88. The van der Waals surface area contributed by atoms with E-state index >= 15 is 0 Å². The van der Waals surface area contributed by atoms with E-state index in [1.54, 1.807) is 24.3 Å². The summed E-state index contributed by atoms with van der Waals surface area (Å²) in [6.45, 7) is 8.02. The highest BCUT2D eigenvalue weighted by molar-refractivity contribution is 5.95. The summed E-state index contributed by atoms with van der Waals surface area (Å²) in [4.78, 5) is 31.9. The van der Waals surface area contributed by atoms with Crippen LogP contribution in [-0.4, -0.2) is 71.8 Å². The largest absolute Gasteiger partial charge is 0.343 e. The fraction of sp³-hybridized carbons (Fsp3) is 0.571. The first-order valence-electron chi connectivity index (χ1n) is 9.67. The van der Waals surface area contributed by atoms with E-state index in [0.717, 1.165) is 19.6 Å². The molecule has 6 nitrogen and oxygen atoms in total. The van der Waals surface area contributed by atoms with Gasteiger partial charge in [0.2, 0.25) is 5.91 Å². The Morgan fingerprint density at radius 2 is 1.93 bits per heavy atom. The quantitative estimate of drug-likeness (QED) is 0.818. The number of nitrogens with zero attached hydrogens (tertiary/aromatic N) is 4. The summed E-state index contributed by atoms with van der Waals surface area (Å²) in [5.41, 5.74) is 0.542. The van der Waals surface area contributed by atoms with E-state index in [4.69, 9.17) is 5.26 Å². The van der Waals surface area contributed by atoms with Crippen LogP contribution < -0.4 is 0 Å². The molecule has 2 fully saturated rings. The monoisotopic (exact) mass is 368 g/mol. The lowest BCUT2D eigenvalue weighted by Crippen LogP contribution is -2.68. The van der Waals surface area contributed by atoms with Crippen LogP contribution in [0.2, 0.25) is 0 Å². The number of piperidine rings is 1. The van der Waals surface area contributed by atoms with Crippen molar-refractivity contribution in [3.8, 4) is 6.07 Å². The topological polar surface area (TPSA) is 67.7 Å². The highest BCUT2D eigenvalue weighted by atomic mass is 16.2. The van der Waals surface area contributed by atoms with Crippen LogP contribution in [0.4, 0.5) is 0 Å². The molecule has 0 aromatic heterocycles. The SMILES string of the molecule is CC(C)CN1CCN(C)C(=O)C12CCN(C(=O)c1cccc(C#N)c1)CC2. The van der Waals surface area contributed by atoms with Gasteiger partial charge in [-0.15, -0.1) is 0 Å². The van der Waals surface area contributed by atoms with E-state index in [-0.39, 0.29) is 11.8 Å². The average Bonchev–Trinajstić information content (AvgIpc) is 2.68. The lowest BCUT2D eigenvalue weighted by atomic mass is 9.81. The van der Waals surface area contributed by atoms with Crippen molar-refractivity contribution in [1.29, 1.82) is 5.26 Å². The Morgan fingerprint density at radius 3 is 2.56 bits per heavy atom. The maximum atomic E-state index is 13.1. The normalized spacial score (nSPS) is 20.2. The molecule has 0 atom stereocenters. The van der Waals surface area contributed by atoms with Crippen LogP contribution in [0.1, 0.15) is 42.6 Å². The first-order valence-corrected chi connectivity index (χ1v) is 9.67. The Bertz CT molecular complexity index is 760. The third-order valence-electron chi connectivity index (χ3n) is 5.76. The Hall–Kier alpha value is -2.39. The highest BCUT2D eigenvalue weighted by Gasteiger charge is 2.50. The maximum absolute atomic E-state index is 13.1. The zero-order chi connectivity index (χ0) is 19.6. The smallest absolute Gasteiger partial charge is 0.253 e. The molecule has 3 rings (SSSR count). The molecule has 6 heteroatoms. The standard InChI is InChI=1S/C21H28N4O2/c1-16(2)15-25-12-11-23(3)20(27)21(25)7-9-24(10-8-21)19(26)18-6-4-5-17(13-18)14-22/h4-6,13,16H,7-12,15H2,1-3H3. The number of benzene rings is 1. The summed E-state index contributed by atoms with van der Waals surface area (Å²) in [5, 5.41) is 9.05. The molecule has 1 aromatic carbocycles. The number of hydrogen-bond donors (Lipinski definition) is 0. The summed E-state index contributed by atoms with van der Waals surface area (Å²) in [5.74, 6) is 0.619. The fourth-order valence-electron chi connectivity index (χ4n) is 4.30. The number of likely N-dealkylation sites (N-methyl/N-ethyl adjacent to an activating group) is 1. The Balaban J connectivity index is 1.76. The Kier molecular flexibility index (Phi) is 5.52. The summed E-state index contributed by atoms with van der Waals surface area (Å²) in [6, 6.07) is 8.90. The van der Waals surface area contributed by atoms with Crippen molar-refractivity contribution in [3.05, 3.63) is 35.4 Å². The summed E-state index contributed by atoms with van der Waals surface area (Å²) in [6.07, 6.45) is 1.32. The zero-order valence-corrected chi connectivity index (χ0v) is 16.4. The summed E-state index contributed by atoms with van der Waals surface area (Å²) < 4.78 is 0. The molecule has 2 heterocycles. The van der Waals surface area contributed by atoms with E-state index in [1.165, 1.54) is 0 Å². The van der Waals surface area contributed by atoms with Crippen LogP contribution in [0.15, 0.2) is 24.3 Å². The second-order valence-electron chi connectivity index (χ2n) is 8.08. The number of likely N-dealkylation sites (tertiary alicyclic amines) is 1. The van der Waals surface area contributed by atoms with Gasteiger partial charge in [0, 0.05) is 45.3 Å². The van der Waals surface area contributed by atoms with Crippen LogP contribution >= 0.6 is 0 Å². The lowest BCUT2D eigenvalue weighted by molar-refractivity contribution is -0.154. The predicted octanol–water partition coefficient (Wildman–Crippen LogP) is 1.96. The molecule has 2 saturated heterocycles. The van der Waals surface area contributed by atoms with Crippen molar-refractivity contribution in [2.24, 2.45) is 5.92 Å². The van der Waals surface area contributed by atoms with Crippen molar-refractivity contribution in [2.75, 3.05) is 39.8 Å². The van der Waals surface area contributed by atoms with Crippen LogP contribution in [0.5, 0.6) is 0 Å². The molecule has 27 heavy (non-hydrogen) atoms. The third-order valence-corrected chi connectivity index (χ3v) is 5.76. The van der Waals surface area contributed by atoms with Gasteiger partial charge in [-0.05, 0) is 37.0 Å². The minimum atomic E-state index is -0.484. The van der Waals surface area contributed by atoms with E-state index in [9.17, 15) is 9.59 Å². The molecule has 0 bridgehead atoms. The maximum Gasteiger partial charge on any atom is 0.253 e. The molecular formula is C21H28N4O2. The number of carbonyl (C=O) groups is 2. The molecule has 0 unspecified atom stereocenters. The van der Waals surface area contributed by atoms with Crippen molar-refractivity contribution >= 4 is 11.8 Å². The van der Waals surface area contributed by atoms with Gasteiger partial charge in [-0.25, -0.2) is 0 Å². The van der Waals surface area contributed by atoms with Gasteiger partial charge in [-0.2, -0.15) is 5.26 Å². The van der Waals surface area contributed by atoms with Gasteiger partial charge in [0.1, 0.15) is 5.54 Å². The molecule has 2 aliphatic heterocycles. The second kappa shape index (κ2) is 7.69. The van der Waals surface area contributed by atoms with E-state index in [0.29, 0.717) is 43.0 Å². The number of amides is 2. The molecular weight excluding hydrogens is 340 g/mol. The molecule has 2 aliphatic rings. The van der Waals surface area contributed by atoms with Gasteiger partial charge in [-0.3, -0.25) is 14.5 Å². The van der Waals surface area contributed by atoms with Gasteiger partial charge < -0.3 is 9.80 Å². The summed E-state index contributed by atoms with van der Waals surface area (Å²) >= 11 is 0. The molecule has 0 aliphatic carbocycles. The van der Waals surface area contributed by atoms with Crippen molar-refractivity contribution < 1.29 is 9.59 Å². The minimum Gasteiger partial charge on any atom is -0.343 e. The van der Waals surface area contributed by atoms with Gasteiger partial charge in [0.15, 0.2) is 0 Å². The second-order valence-corrected chi connectivity index (χ2v) is 8.08. The van der Waals surface area contributed by atoms with Gasteiger partial charge in [0.25, 0.3) is 5.91 Å². The van der Waals surface area contributed by atoms with Gasteiger partial charge >= 0.3 is 0 Å². The molecule has 0 saturated carbocycles. The minimum absolute atomic E-state index is 0.0611. The molecule has 1 aromatic rings. The first-order chi connectivity index (χ1) is 12.9. The molecule has 0 radical (unpaired) electrons. The number of hydrogen-bond acceptors (Lipinski definition) is 4.